The quantitative estimate of drug-likeness (QED) is 0.777. The third kappa shape index (κ3) is 2.34. The predicted molar refractivity (Wildman–Crippen MR) is 83.9 cm³/mol. The molecule has 0 unspecified atom stereocenters. The number of halogens is 1. The van der Waals surface area contributed by atoms with E-state index in [4.69, 9.17) is 5.10 Å². The molecule has 4 rings (SSSR count). The molecule has 1 aromatic carbocycles. The van der Waals surface area contributed by atoms with E-state index in [0.717, 1.165) is 40.2 Å². The second kappa shape index (κ2) is 5.20. The fourth-order valence-corrected chi connectivity index (χ4v) is 3.13. The standard InChI is InChI=1S/C15H14BrN5/c16-11-4-1-3-10(9-11)12-6-7-14-18-19-15(21(14)20-12)13-5-2-8-17-13/h1,3-4,6-7,9,13,17H,2,5,8H2/t13-/m0/s1. The zero-order valence-corrected chi connectivity index (χ0v) is 12.9. The van der Waals surface area contributed by atoms with E-state index in [0.29, 0.717) is 0 Å². The normalized spacial score (nSPS) is 18.4. The van der Waals surface area contributed by atoms with E-state index in [-0.39, 0.29) is 6.04 Å². The van der Waals surface area contributed by atoms with Crippen molar-refractivity contribution in [3.05, 3.63) is 46.7 Å². The Kier molecular flexibility index (Phi) is 3.20. The van der Waals surface area contributed by atoms with Crippen LogP contribution in [0.4, 0.5) is 0 Å². The molecule has 6 heteroatoms. The Balaban J connectivity index is 1.83. The molecular formula is C15H14BrN5. The van der Waals surface area contributed by atoms with Crippen molar-refractivity contribution in [2.75, 3.05) is 6.54 Å². The molecule has 5 nitrogen and oxygen atoms in total. The third-order valence-electron chi connectivity index (χ3n) is 3.78. The lowest BCUT2D eigenvalue weighted by atomic mass is 10.1. The summed E-state index contributed by atoms with van der Waals surface area (Å²) >= 11 is 3.50. The molecule has 0 bridgehead atoms. The van der Waals surface area contributed by atoms with Crippen LogP contribution in [0, 0.1) is 0 Å². The second-order valence-corrected chi connectivity index (χ2v) is 6.12. The first-order valence-corrected chi connectivity index (χ1v) is 7.82. The fraction of sp³-hybridized carbons (Fsp3) is 0.267. The number of nitrogens with one attached hydrogen (secondary N) is 1. The Labute approximate surface area is 130 Å². The molecule has 1 fully saturated rings. The van der Waals surface area contributed by atoms with Gasteiger partial charge in [0.05, 0.1) is 11.7 Å². The van der Waals surface area contributed by atoms with Crippen LogP contribution in [0.25, 0.3) is 16.9 Å². The van der Waals surface area contributed by atoms with Gasteiger partial charge in [-0.05, 0) is 43.7 Å². The first kappa shape index (κ1) is 12.9. The first-order chi connectivity index (χ1) is 10.3. The van der Waals surface area contributed by atoms with E-state index < -0.39 is 0 Å². The van der Waals surface area contributed by atoms with Crippen molar-refractivity contribution in [1.82, 2.24) is 25.1 Å². The van der Waals surface area contributed by atoms with Crippen LogP contribution in [0.15, 0.2) is 40.9 Å². The van der Waals surface area contributed by atoms with Gasteiger partial charge < -0.3 is 5.32 Å². The molecule has 1 saturated heterocycles. The van der Waals surface area contributed by atoms with Crippen molar-refractivity contribution < 1.29 is 0 Å². The molecule has 1 atom stereocenters. The number of aromatic nitrogens is 4. The molecule has 0 radical (unpaired) electrons. The van der Waals surface area contributed by atoms with E-state index >= 15 is 0 Å². The molecule has 3 heterocycles. The van der Waals surface area contributed by atoms with Crippen LogP contribution < -0.4 is 5.32 Å². The number of hydrogen-bond donors (Lipinski definition) is 1. The molecule has 1 aliphatic heterocycles. The molecule has 0 amide bonds. The number of rotatable bonds is 2. The van der Waals surface area contributed by atoms with Crippen molar-refractivity contribution in [1.29, 1.82) is 0 Å². The first-order valence-electron chi connectivity index (χ1n) is 7.03. The summed E-state index contributed by atoms with van der Waals surface area (Å²) in [5.74, 6) is 0.902. The van der Waals surface area contributed by atoms with E-state index in [1.54, 1.807) is 0 Å². The van der Waals surface area contributed by atoms with Gasteiger partial charge in [-0.3, -0.25) is 0 Å². The summed E-state index contributed by atoms with van der Waals surface area (Å²) in [6.45, 7) is 1.03. The number of fused-ring (bicyclic) bond motifs is 1. The summed E-state index contributed by atoms with van der Waals surface area (Å²) < 4.78 is 2.91. The lowest BCUT2D eigenvalue weighted by Crippen LogP contribution is -2.16. The third-order valence-corrected chi connectivity index (χ3v) is 4.27. The zero-order valence-electron chi connectivity index (χ0n) is 11.3. The number of benzene rings is 1. The largest absolute Gasteiger partial charge is 0.307 e. The Morgan fingerprint density at radius 1 is 1.19 bits per heavy atom. The van der Waals surface area contributed by atoms with Gasteiger partial charge in [0.25, 0.3) is 0 Å². The monoisotopic (exact) mass is 343 g/mol. The summed E-state index contributed by atoms with van der Waals surface area (Å²) in [5.41, 5.74) is 2.78. The van der Waals surface area contributed by atoms with Gasteiger partial charge in [-0.25, -0.2) is 0 Å². The van der Waals surface area contributed by atoms with Gasteiger partial charge in [-0.1, -0.05) is 28.1 Å². The lowest BCUT2D eigenvalue weighted by molar-refractivity contribution is 0.585. The van der Waals surface area contributed by atoms with E-state index in [1.165, 1.54) is 6.42 Å². The van der Waals surface area contributed by atoms with Crippen LogP contribution in [0.5, 0.6) is 0 Å². The minimum Gasteiger partial charge on any atom is -0.307 e. The topological polar surface area (TPSA) is 55.1 Å². The molecule has 3 aromatic rings. The van der Waals surface area contributed by atoms with Gasteiger partial charge in [0, 0.05) is 10.0 Å². The van der Waals surface area contributed by atoms with E-state index in [2.05, 4.69) is 43.6 Å². The highest BCUT2D eigenvalue weighted by Crippen LogP contribution is 2.24. The highest BCUT2D eigenvalue weighted by atomic mass is 79.9. The van der Waals surface area contributed by atoms with Crippen molar-refractivity contribution >= 4 is 21.6 Å². The van der Waals surface area contributed by atoms with Crippen LogP contribution >= 0.6 is 15.9 Å². The number of hydrogen-bond acceptors (Lipinski definition) is 4. The summed E-state index contributed by atoms with van der Waals surface area (Å²) in [5, 5.41) is 16.7. The van der Waals surface area contributed by atoms with Crippen LogP contribution in [-0.2, 0) is 0 Å². The van der Waals surface area contributed by atoms with Gasteiger partial charge in [0.15, 0.2) is 11.5 Å². The Hall–Kier alpha value is -1.79. The SMILES string of the molecule is Brc1cccc(-c2ccc3nnc([C@@H]4CCCN4)n3n2)c1. The van der Waals surface area contributed by atoms with Crippen molar-refractivity contribution in [3.63, 3.8) is 0 Å². The molecule has 106 valence electrons. The average Bonchev–Trinajstić information content (AvgIpc) is 3.15. The number of nitrogens with zero attached hydrogens (tertiary/aromatic N) is 4. The van der Waals surface area contributed by atoms with Gasteiger partial charge in [0.1, 0.15) is 0 Å². The van der Waals surface area contributed by atoms with Gasteiger partial charge in [0.2, 0.25) is 0 Å². The second-order valence-electron chi connectivity index (χ2n) is 5.21. The minimum atomic E-state index is 0.255. The minimum absolute atomic E-state index is 0.255. The van der Waals surface area contributed by atoms with Gasteiger partial charge in [-0.15, -0.1) is 10.2 Å². The highest BCUT2D eigenvalue weighted by Gasteiger charge is 2.22. The van der Waals surface area contributed by atoms with Crippen LogP contribution in [0.2, 0.25) is 0 Å². The van der Waals surface area contributed by atoms with E-state index in [9.17, 15) is 0 Å². The molecule has 1 aliphatic rings. The van der Waals surface area contributed by atoms with Crippen molar-refractivity contribution in [2.45, 2.75) is 18.9 Å². The summed E-state index contributed by atoms with van der Waals surface area (Å²) in [6.07, 6.45) is 2.26. The Morgan fingerprint density at radius 3 is 2.95 bits per heavy atom. The molecule has 0 spiro atoms. The molecule has 21 heavy (non-hydrogen) atoms. The Bertz CT molecular complexity index is 792. The summed E-state index contributed by atoms with van der Waals surface area (Å²) in [6, 6.07) is 12.3. The van der Waals surface area contributed by atoms with Gasteiger partial charge in [-0.2, -0.15) is 9.61 Å². The molecule has 0 saturated carbocycles. The summed E-state index contributed by atoms with van der Waals surface area (Å²) in [7, 11) is 0. The van der Waals surface area contributed by atoms with Gasteiger partial charge >= 0.3 is 0 Å². The van der Waals surface area contributed by atoms with Crippen molar-refractivity contribution in [2.24, 2.45) is 0 Å². The highest BCUT2D eigenvalue weighted by molar-refractivity contribution is 9.10. The maximum Gasteiger partial charge on any atom is 0.178 e. The van der Waals surface area contributed by atoms with Crippen LogP contribution in [0.1, 0.15) is 24.7 Å². The molecule has 1 N–H and O–H groups in total. The van der Waals surface area contributed by atoms with Crippen molar-refractivity contribution in [3.8, 4) is 11.3 Å². The predicted octanol–water partition coefficient (Wildman–Crippen LogP) is 2.98. The summed E-state index contributed by atoms with van der Waals surface area (Å²) in [4.78, 5) is 0. The zero-order chi connectivity index (χ0) is 14.2. The maximum atomic E-state index is 4.72. The lowest BCUT2D eigenvalue weighted by Gasteiger charge is -2.08. The fourth-order valence-electron chi connectivity index (χ4n) is 2.73. The molecule has 0 aliphatic carbocycles. The van der Waals surface area contributed by atoms with E-state index in [1.807, 2.05) is 28.8 Å². The average molecular weight is 344 g/mol. The van der Waals surface area contributed by atoms with Crippen LogP contribution in [-0.4, -0.2) is 26.4 Å². The Morgan fingerprint density at radius 2 is 2.14 bits per heavy atom. The molecule has 2 aromatic heterocycles. The maximum absolute atomic E-state index is 4.72. The van der Waals surface area contributed by atoms with Crippen LogP contribution in [0.3, 0.4) is 0 Å². The molecular weight excluding hydrogens is 330 g/mol. The smallest absolute Gasteiger partial charge is 0.178 e.